The maximum Gasteiger partial charge on any atom is 0.102 e. The topological polar surface area (TPSA) is 24.4 Å². The van der Waals surface area contributed by atoms with E-state index in [0.717, 1.165) is 13.1 Å². The van der Waals surface area contributed by atoms with Crippen LogP contribution in [-0.4, -0.2) is 18.9 Å². The van der Waals surface area contributed by atoms with Gasteiger partial charge in [0.1, 0.15) is 5.84 Å². The molecule has 0 aromatic rings. The Labute approximate surface area is 158 Å². The summed E-state index contributed by atoms with van der Waals surface area (Å²) in [5, 5.41) is 3.50. The van der Waals surface area contributed by atoms with Crippen molar-refractivity contribution < 1.29 is 0 Å². The van der Waals surface area contributed by atoms with Crippen LogP contribution in [0.4, 0.5) is 0 Å². The Hall–Kier alpha value is -0.530. The van der Waals surface area contributed by atoms with Crippen molar-refractivity contribution >= 4 is 5.84 Å². The lowest BCUT2D eigenvalue weighted by Gasteiger charge is -2.28. The summed E-state index contributed by atoms with van der Waals surface area (Å²) in [6.45, 7) is 9.02. The van der Waals surface area contributed by atoms with Gasteiger partial charge in [0.15, 0.2) is 0 Å². The summed E-state index contributed by atoms with van der Waals surface area (Å²) in [6, 6.07) is 0. The summed E-state index contributed by atoms with van der Waals surface area (Å²) < 4.78 is 0. The van der Waals surface area contributed by atoms with E-state index in [-0.39, 0.29) is 0 Å². The largest absolute Gasteiger partial charge is 0.372 e. The van der Waals surface area contributed by atoms with Crippen LogP contribution in [-0.2, 0) is 0 Å². The van der Waals surface area contributed by atoms with E-state index in [9.17, 15) is 0 Å². The third-order valence-electron chi connectivity index (χ3n) is 6.11. The summed E-state index contributed by atoms with van der Waals surface area (Å²) >= 11 is 0. The highest BCUT2D eigenvalue weighted by Gasteiger charge is 2.29. The van der Waals surface area contributed by atoms with Crippen molar-refractivity contribution in [3.05, 3.63) is 0 Å². The maximum absolute atomic E-state index is 4.67. The van der Waals surface area contributed by atoms with E-state index in [4.69, 9.17) is 0 Å². The molecule has 2 nitrogen and oxygen atoms in total. The molecule has 0 aromatic heterocycles. The summed E-state index contributed by atoms with van der Waals surface area (Å²) in [7, 11) is 0. The lowest BCUT2D eigenvalue weighted by molar-refractivity contribution is 0.380. The molecule has 148 valence electrons. The number of nitrogens with one attached hydrogen (secondary N) is 1. The Morgan fingerprint density at radius 3 is 1.64 bits per heavy atom. The molecule has 0 saturated carbocycles. The third-order valence-corrected chi connectivity index (χ3v) is 6.11. The molecule has 0 spiro atoms. The number of amidine groups is 1. The first-order valence-electron chi connectivity index (χ1n) is 11.5. The van der Waals surface area contributed by atoms with Crippen molar-refractivity contribution in [1.82, 2.24) is 5.32 Å². The van der Waals surface area contributed by atoms with Crippen LogP contribution in [0.15, 0.2) is 4.99 Å². The zero-order valence-corrected chi connectivity index (χ0v) is 17.7. The third kappa shape index (κ3) is 10.3. The molecule has 0 amide bonds. The second-order valence-corrected chi connectivity index (χ2v) is 8.42. The Morgan fingerprint density at radius 1 is 0.760 bits per heavy atom. The van der Waals surface area contributed by atoms with Crippen molar-refractivity contribution in [3.8, 4) is 0 Å². The number of unbranched alkanes of at least 4 members (excludes halogenated alkanes) is 13. The van der Waals surface area contributed by atoms with Gasteiger partial charge < -0.3 is 5.32 Å². The Kier molecular flexibility index (Phi) is 13.2. The van der Waals surface area contributed by atoms with E-state index in [0.29, 0.717) is 5.41 Å². The first-order valence-corrected chi connectivity index (χ1v) is 11.5. The average Bonchev–Trinajstić information content (AvgIpc) is 3.17. The van der Waals surface area contributed by atoms with Crippen LogP contribution in [0.2, 0.25) is 0 Å². The predicted octanol–water partition coefficient (Wildman–Crippen LogP) is 7.28. The zero-order valence-electron chi connectivity index (χ0n) is 17.7. The fourth-order valence-electron chi connectivity index (χ4n) is 3.97. The van der Waals surface area contributed by atoms with E-state index in [1.807, 2.05) is 0 Å². The van der Waals surface area contributed by atoms with Gasteiger partial charge in [0.2, 0.25) is 0 Å². The van der Waals surface area contributed by atoms with Gasteiger partial charge in [0.25, 0.3) is 0 Å². The quantitative estimate of drug-likeness (QED) is 0.274. The molecule has 1 rings (SSSR count). The van der Waals surface area contributed by atoms with Gasteiger partial charge in [-0.05, 0) is 12.8 Å². The van der Waals surface area contributed by atoms with Crippen molar-refractivity contribution in [1.29, 1.82) is 0 Å². The van der Waals surface area contributed by atoms with E-state index in [1.54, 1.807) is 0 Å². The Morgan fingerprint density at radius 2 is 1.24 bits per heavy atom. The van der Waals surface area contributed by atoms with Crippen molar-refractivity contribution in [2.45, 2.75) is 124 Å². The minimum Gasteiger partial charge on any atom is -0.372 e. The summed E-state index contributed by atoms with van der Waals surface area (Å²) in [4.78, 5) is 4.67. The standard InChI is InChI=1S/C23H46N2/c1-4-6-7-8-9-10-11-12-13-14-15-16-17-18-19-23(3,5-2)22-24-20-21-25-22/h4-21H2,1-3H3,(H,24,25). The molecule has 0 aromatic carbocycles. The molecular formula is C23H46N2. The molecule has 25 heavy (non-hydrogen) atoms. The second-order valence-electron chi connectivity index (χ2n) is 8.42. The van der Waals surface area contributed by atoms with E-state index in [1.165, 1.54) is 109 Å². The fourth-order valence-corrected chi connectivity index (χ4v) is 3.97. The zero-order chi connectivity index (χ0) is 18.2. The van der Waals surface area contributed by atoms with E-state index >= 15 is 0 Å². The summed E-state index contributed by atoms with van der Waals surface area (Å²) in [6.07, 6.45) is 22.6. The molecule has 1 atom stereocenters. The van der Waals surface area contributed by atoms with Gasteiger partial charge >= 0.3 is 0 Å². The molecule has 1 unspecified atom stereocenters. The van der Waals surface area contributed by atoms with Crippen LogP contribution < -0.4 is 5.32 Å². The lowest BCUT2D eigenvalue weighted by atomic mass is 9.80. The highest BCUT2D eigenvalue weighted by atomic mass is 15.1. The lowest BCUT2D eigenvalue weighted by Crippen LogP contribution is -2.35. The van der Waals surface area contributed by atoms with Crippen LogP contribution >= 0.6 is 0 Å². The number of nitrogens with zero attached hydrogens (tertiary/aromatic N) is 1. The van der Waals surface area contributed by atoms with Crippen LogP contribution in [0.25, 0.3) is 0 Å². The fraction of sp³-hybridized carbons (Fsp3) is 0.957. The normalized spacial score (nSPS) is 16.5. The first kappa shape index (κ1) is 22.5. The van der Waals surface area contributed by atoms with Gasteiger partial charge in [0.05, 0.1) is 6.54 Å². The number of hydrogen-bond acceptors (Lipinski definition) is 2. The van der Waals surface area contributed by atoms with Crippen molar-refractivity contribution in [3.63, 3.8) is 0 Å². The van der Waals surface area contributed by atoms with Gasteiger partial charge in [-0.1, -0.05) is 111 Å². The van der Waals surface area contributed by atoms with Crippen molar-refractivity contribution in [2.24, 2.45) is 10.4 Å². The van der Waals surface area contributed by atoms with E-state index < -0.39 is 0 Å². The molecule has 1 aliphatic rings. The Bertz CT molecular complexity index is 337. The number of hydrogen-bond donors (Lipinski definition) is 1. The molecule has 0 fully saturated rings. The van der Waals surface area contributed by atoms with Crippen LogP contribution in [0.1, 0.15) is 124 Å². The minimum atomic E-state index is 0.299. The highest BCUT2D eigenvalue weighted by molar-refractivity contribution is 5.88. The van der Waals surface area contributed by atoms with Crippen LogP contribution in [0, 0.1) is 5.41 Å². The van der Waals surface area contributed by atoms with Crippen LogP contribution in [0.5, 0.6) is 0 Å². The SMILES string of the molecule is CCCCCCCCCCCCCCCCC(C)(CC)C1=NCCN1. The molecule has 2 heteroatoms. The van der Waals surface area contributed by atoms with Crippen LogP contribution in [0.3, 0.4) is 0 Å². The van der Waals surface area contributed by atoms with E-state index in [2.05, 4.69) is 31.1 Å². The molecule has 0 saturated heterocycles. The number of rotatable bonds is 17. The van der Waals surface area contributed by atoms with Crippen molar-refractivity contribution in [2.75, 3.05) is 13.1 Å². The van der Waals surface area contributed by atoms with Gasteiger partial charge in [-0.25, -0.2) is 0 Å². The molecule has 1 N–H and O–H groups in total. The smallest absolute Gasteiger partial charge is 0.102 e. The van der Waals surface area contributed by atoms with Gasteiger partial charge in [0, 0.05) is 12.0 Å². The minimum absolute atomic E-state index is 0.299. The molecule has 0 bridgehead atoms. The summed E-state index contributed by atoms with van der Waals surface area (Å²) in [5.41, 5.74) is 0.299. The summed E-state index contributed by atoms with van der Waals surface area (Å²) in [5.74, 6) is 1.28. The maximum atomic E-state index is 4.67. The average molecular weight is 351 g/mol. The highest BCUT2D eigenvalue weighted by Crippen LogP contribution is 2.30. The Balaban J connectivity index is 1.87. The number of aliphatic imine (C=N–C) groups is 1. The monoisotopic (exact) mass is 350 g/mol. The van der Waals surface area contributed by atoms with Gasteiger partial charge in [-0.2, -0.15) is 0 Å². The molecule has 1 heterocycles. The molecule has 0 radical (unpaired) electrons. The molecular weight excluding hydrogens is 304 g/mol. The molecule has 1 aliphatic heterocycles. The predicted molar refractivity (Wildman–Crippen MR) is 114 cm³/mol. The van der Waals surface area contributed by atoms with Gasteiger partial charge in [-0.15, -0.1) is 0 Å². The molecule has 0 aliphatic carbocycles. The van der Waals surface area contributed by atoms with Gasteiger partial charge in [-0.3, -0.25) is 4.99 Å². The first-order chi connectivity index (χ1) is 12.2. The second kappa shape index (κ2) is 14.6.